The van der Waals surface area contributed by atoms with E-state index in [0.717, 1.165) is 37.6 Å². The number of fused-ring (bicyclic) bond motifs is 6. The van der Waals surface area contributed by atoms with E-state index in [1.54, 1.807) is 11.6 Å². The highest BCUT2D eigenvalue weighted by Gasteiger charge is 2.57. The standard InChI is InChI=1S/C30H37N5O2S/c1-29-14-12-21(33-38(36,37)28-17-31-18-34(28)3)16-20(29)8-9-22-23-10-11-27(30(23,2)15-13-24(22)29)35-19-32-25-6-4-5-7-26(25)35/h4-8,11,17-19,21-24,33H,9-10,12-16H2,1-3H3/t21-,22-,23-,24-,29-,30-/m0/s1. The first-order valence-electron chi connectivity index (χ1n) is 14.0. The fraction of sp³-hybridized carbons (Fsp3) is 0.533. The third kappa shape index (κ3) is 3.45. The molecule has 0 unspecified atom stereocenters. The summed E-state index contributed by atoms with van der Waals surface area (Å²) in [5.74, 6) is 1.95. The Bertz CT molecular complexity index is 1580. The van der Waals surface area contributed by atoms with E-state index in [4.69, 9.17) is 4.98 Å². The lowest BCUT2D eigenvalue weighted by molar-refractivity contribution is -0.0131. The number of nitrogens with zero attached hydrogens (tertiary/aromatic N) is 4. The van der Waals surface area contributed by atoms with Crippen LogP contribution in [0.25, 0.3) is 16.7 Å². The monoisotopic (exact) mass is 531 g/mol. The normalized spacial score (nSPS) is 34.8. The molecule has 8 heteroatoms. The van der Waals surface area contributed by atoms with Gasteiger partial charge in [0.25, 0.3) is 10.0 Å². The number of hydrogen-bond donors (Lipinski definition) is 1. The van der Waals surface area contributed by atoms with Gasteiger partial charge < -0.3 is 9.13 Å². The summed E-state index contributed by atoms with van der Waals surface area (Å²) in [6, 6.07) is 8.38. The van der Waals surface area contributed by atoms with Gasteiger partial charge in [-0.1, -0.05) is 43.7 Å². The molecule has 0 aliphatic heterocycles. The summed E-state index contributed by atoms with van der Waals surface area (Å²) in [5.41, 5.74) is 5.47. The van der Waals surface area contributed by atoms with Gasteiger partial charge in [-0.3, -0.25) is 0 Å². The number of nitrogens with one attached hydrogen (secondary N) is 1. The van der Waals surface area contributed by atoms with Gasteiger partial charge in [-0.2, -0.15) is 0 Å². The molecule has 0 spiro atoms. The van der Waals surface area contributed by atoms with Crippen LogP contribution in [0.1, 0.15) is 58.8 Å². The zero-order chi connectivity index (χ0) is 26.3. The molecule has 2 saturated carbocycles. The molecule has 6 atom stereocenters. The van der Waals surface area contributed by atoms with Crippen LogP contribution >= 0.6 is 0 Å². The number of benzene rings is 1. The maximum atomic E-state index is 13.0. The van der Waals surface area contributed by atoms with Crippen LogP contribution < -0.4 is 4.72 Å². The van der Waals surface area contributed by atoms with E-state index in [1.807, 2.05) is 6.33 Å². The van der Waals surface area contributed by atoms with Crippen molar-refractivity contribution in [2.75, 3.05) is 0 Å². The molecule has 7 nitrogen and oxygen atoms in total. The Hall–Kier alpha value is -2.71. The second-order valence-electron chi connectivity index (χ2n) is 12.5. The number of aryl methyl sites for hydroxylation is 1. The van der Waals surface area contributed by atoms with Gasteiger partial charge in [0.1, 0.15) is 6.33 Å². The topological polar surface area (TPSA) is 81.8 Å². The van der Waals surface area contributed by atoms with Crippen LogP contribution in [-0.4, -0.2) is 33.6 Å². The highest BCUT2D eigenvalue weighted by Crippen LogP contribution is 2.65. The lowest BCUT2D eigenvalue weighted by Gasteiger charge is -2.58. The molecule has 2 aromatic heterocycles. The number of hydrogen-bond acceptors (Lipinski definition) is 4. The van der Waals surface area contributed by atoms with Crippen LogP contribution in [0.2, 0.25) is 0 Å². The molecule has 2 fully saturated rings. The van der Waals surface area contributed by atoms with Crippen LogP contribution in [0.15, 0.2) is 65.9 Å². The Morgan fingerprint density at radius 3 is 2.63 bits per heavy atom. The maximum Gasteiger partial charge on any atom is 0.258 e. The van der Waals surface area contributed by atoms with E-state index < -0.39 is 10.0 Å². The number of sulfonamides is 1. The second-order valence-corrected chi connectivity index (χ2v) is 14.2. The van der Waals surface area contributed by atoms with Crippen molar-refractivity contribution >= 4 is 26.8 Å². The molecule has 200 valence electrons. The molecule has 0 amide bonds. The van der Waals surface area contributed by atoms with E-state index in [1.165, 1.54) is 42.2 Å². The van der Waals surface area contributed by atoms with Gasteiger partial charge in [-0.15, -0.1) is 0 Å². The van der Waals surface area contributed by atoms with Crippen LogP contribution in [0.3, 0.4) is 0 Å². The van der Waals surface area contributed by atoms with Gasteiger partial charge in [-0.05, 0) is 80.2 Å². The smallest absolute Gasteiger partial charge is 0.258 e. The molecule has 3 aromatic rings. The van der Waals surface area contributed by atoms with Crippen molar-refractivity contribution in [3.8, 4) is 0 Å². The third-order valence-electron chi connectivity index (χ3n) is 10.7. The predicted octanol–water partition coefficient (Wildman–Crippen LogP) is 5.53. The fourth-order valence-electron chi connectivity index (χ4n) is 8.71. The minimum atomic E-state index is -3.58. The summed E-state index contributed by atoms with van der Waals surface area (Å²) in [6.45, 7) is 4.96. The first-order valence-corrected chi connectivity index (χ1v) is 15.5. The lowest BCUT2D eigenvalue weighted by Crippen LogP contribution is -2.51. The van der Waals surface area contributed by atoms with Gasteiger partial charge in [0.05, 0.1) is 23.6 Å². The molecule has 4 aliphatic rings. The van der Waals surface area contributed by atoms with Crippen molar-refractivity contribution in [1.29, 1.82) is 0 Å². The van der Waals surface area contributed by atoms with Crippen molar-refractivity contribution in [3.05, 3.63) is 60.8 Å². The number of aromatic nitrogens is 4. The number of allylic oxidation sites excluding steroid dienone is 3. The Kier molecular flexibility index (Phi) is 5.38. The van der Waals surface area contributed by atoms with Crippen molar-refractivity contribution < 1.29 is 8.42 Å². The minimum Gasteiger partial charge on any atom is -0.324 e. The second kappa shape index (κ2) is 8.39. The molecule has 0 bridgehead atoms. The third-order valence-corrected chi connectivity index (χ3v) is 12.3. The van der Waals surface area contributed by atoms with E-state index in [9.17, 15) is 8.42 Å². The molecule has 2 heterocycles. The number of rotatable bonds is 4. The highest BCUT2D eigenvalue weighted by molar-refractivity contribution is 7.89. The number of imidazole rings is 2. The Balaban J connectivity index is 1.13. The van der Waals surface area contributed by atoms with E-state index in [2.05, 4.69) is 64.5 Å². The number of para-hydroxylation sites is 2. The molecule has 4 aliphatic carbocycles. The molecule has 7 rings (SSSR count). The summed E-state index contributed by atoms with van der Waals surface area (Å²) >= 11 is 0. The zero-order valence-corrected chi connectivity index (χ0v) is 23.3. The fourth-order valence-corrected chi connectivity index (χ4v) is 10.1. The van der Waals surface area contributed by atoms with Gasteiger partial charge in [0.2, 0.25) is 0 Å². The Morgan fingerprint density at radius 1 is 1.00 bits per heavy atom. The molecular formula is C30H37N5O2S. The van der Waals surface area contributed by atoms with Crippen LogP contribution in [0.5, 0.6) is 0 Å². The zero-order valence-electron chi connectivity index (χ0n) is 22.5. The molecule has 1 N–H and O–H groups in total. The molecule has 0 radical (unpaired) electrons. The van der Waals surface area contributed by atoms with Crippen molar-refractivity contribution in [1.82, 2.24) is 23.8 Å². The first-order chi connectivity index (χ1) is 18.2. The summed E-state index contributed by atoms with van der Waals surface area (Å²) in [4.78, 5) is 8.69. The Morgan fingerprint density at radius 2 is 1.82 bits per heavy atom. The van der Waals surface area contributed by atoms with Crippen molar-refractivity contribution in [2.45, 2.75) is 69.9 Å². The molecule has 0 saturated heterocycles. The SMILES string of the molecule is Cn1cncc1S(=O)(=O)N[C@H]1CC[C@@]2(C)C(=CC[C@@H]3[C@@H]2CC[C@]2(C)C(n4cnc5ccccc54)=CC[C@@H]32)C1. The quantitative estimate of drug-likeness (QED) is 0.449. The molecule has 1 aromatic carbocycles. The largest absolute Gasteiger partial charge is 0.324 e. The highest BCUT2D eigenvalue weighted by atomic mass is 32.2. The van der Waals surface area contributed by atoms with Crippen LogP contribution in [0, 0.1) is 28.6 Å². The minimum absolute atomic E-state index is 0.0612. The summed E-state index contributed by atoms with van der Waals surface area (Å²) in [5, 5.41) is 0.227. The van der Waals surface area contributed by atoms with E-state index in [0.29, 0.717) is 17.8 Å². The van der Waals surface area contributed by atoms with Crippen molar-refractivity contribution in [2.24, 2.45) is 35.6 Å². The van der Waals surface area contributed by atoms with Gasteiger partial charge >= 0.3 is 0 Å². The van der Waals surface area contributed by atoms with E-state index >= 15 is 0 Å². The molecular weight excluding hydrogens is 494 g/mol. The maximum absolute atomic E-state index is 13.0. The van der Waals surface area contributed by atoms with Gasteiger partial charge in [0, 0.05) is 24.2 Å². The summed E-state index contributed by atoms with van der Waals surface area (Å²) < 4.78 is 32.9. The summed E-state index contributed by atoms with van der Waals surface area (Å²) in [6.07, 6.45) is 17.3. The molecule has 38 heavy (non-hydrogen) atoms. The van der Waals surface area contributed by atoms with Crippen molar-refractivity contribution in [3.63, 3.8) is 0 Å². The van der Waals surface area contributed by atoms with E-state index in [-0.39, 0.29) is 21.9 Å². The average molecular weight is 532 g/mol. The predicted molar refractivity (Wildman–Crippen MR) is 148 cm³/mol. The van der Waals surface area contributed by atoms with Crippen LogP contribution in [0.4, 0.5) is 0 Å². The first kappa shape index (κ1) is 24.3. The van der Waals surface area contributed by atoms with Gasteiger partial charge in [0.15, 0.2) is 5.03 Å². The Labute approximate surface area is 225 Å². The van der Waals surface area contributed by atoms with Gasteiger partial charge in [-0.25, -0.2) is 23.1 Å². The van der Waals surface area contributed by atoms with Crippen LogP contribution in [-0.2, 0) is 17.1 Å². The summed E-state index contributed by atoms with van der Waals surface area (Å²) in [7, 11) is -1.86. The average Bonchev–Trinajstić information content (AvgIpc) is 3.60. The lowest BCUT2D eigenvalue weighted by atomic mass is 9.47.